The first-order chi connectivity index (χ1) is 11.0. The molecule has 0 aliphatic carbocycles. The Morgan fingerprint density at radius 1 is 1.13 bits per heavy atom. The maximum Gasteiger partial charge on any atom is 0.237 e. The van der Waals surface area contributed by atoms with Crippen LogP contribution in [0.25, 0.3) is 0 Å². The maximum atomic E-state index is 12.1. The number of hydrogen-bond acceptors (Lipinski definition) is 3. The summed E-state index contributed by atoms with van der Waals surface area (Å²) in [6, 6.07) is 8.19. The first kappa shape index (κ1) is 18.0. The van der Waals surface area contributed by atoms with Gasteiger partial charge < -0.3 is 11.1 Å². The topological polar surface area (TPSA) is 58.4 Å². The summed E-state index contributed by atoms with van der Waals surface area (Å²) < 4.78 is 0. The van der Waals surface area contributed by atoms with Crippen molar-refractivity contribution >= 4 is 5.91 Å². The molecule has 1 saturated heterocycles. The zero-order chi connectivity index (χ0) is 16.8. The lowest BCUT2D eigenvalue weighted by Gasteiger charge is -2.26. The third kappa shape index (κ3) is 5.33. The second kappa shape index (κ2) is 8.46. The molecule has 1 aliphatic rings. The van der Waals surface area contributed by atoms with Crippen LogP contribution in [0.1, 0.15) is 57.1 Å². The summed E-state index contributed by atoms with van der Waals surface area (Å²) in [6.07, 6.45) is 3.99. The maximum absolute atomic E-state index is 12.1. The molecule has 0 aromatic heterocycles. The number of nitrogens with one attached hydrogen (secondary N) is 1. The van der Waals surface area contributed by atoms with Crippen molar-refractivity contribution in [2.24, 2.45) is 5.73 Å². The molecule has 1 fully saturated rings. The number of carbonyl (C=O) groups excluding carboxylic acids is 1. The molecule has 4 nitrogen and oxygen atoms in total. The van der Waals surface area contributed by atoms with Gasteiger partial charge in [-0.05, 0) is 50.9 Å². The van der Waals surface area contributed by atoms with Gasteiger partial charge in [0.1, 0.15) is 0 Å². The lowest BCUT2D eigenvalue weighted by atomic mass is 9.92. The van der Waals surface area contributed by atoms with E-state index in [0.29, 0.717) is 0 Å². The molecule has 2 rings (SSSR count). The van der Waals surface area contributed by atoms with E-state index in [4.69, 9.17) is 5.73 Å². The molecule has 4 heteroatoms. The van der Waals surface area contributed by atoms with Gasteiger partial charge in [-0.15, -0.1) is 0 Å². The lowest BCUT2D eigenvalue weighted by molar-refractivity contribution is -0.123. The molecule has 0 saturated carbocycles. The van der Waals surface area contributed by atoms with Crippen LogP contribution in [0.3, 0.4) is 0 Å². The van der Waals surface area contributed by atoms with Gasteiger partial charge in [0.15, 0.2) is 0 Å². The van der Waals surface area contributed by atoms with Crippen LogP contribution in [-0.2, 0) is 11.3 Å². The average molecular weight is 317 g/mol. The van der Waals surface area contributed by atoms with Crippen molar-refractivity contribution in [2.75, 3.05) is 13.1 Å². The third-order valence-corrected chi connectivity index (χ3v) is 4.63. The van der Waals surface area contributed by atoms with Gasteiger partial charge in [-0.1, -0.05) is 37.6 Å². The molecule has 23 heavy (non-hydrogen) atoms. The highest BCUT2D eigenvalue weighted by Crippen LogP contribution is 2.20. The van der Waals surface area contributed by atoms with Gasteiger partial charge in [0, 0.05) is 18.5 Å². The Morgan fingerprint density at radius 3 is 2.30 bits per heavy atom. The number of nitrogens with two attached hydrogens (primary N) is 1. The summed E-state index contributed by atoms with van der Waals surface area (Å²) in [4.78, 5) is 14.6. The molecule has 1 aromatic carbocycles. The third-order valence-electron chi connectivity index (χ3n) is 4.63. The minimum absolute atomic E-state index is 0.0118. The second-order valence-corrected chi connectivity index (χ2v) is 7.06. The summed E-state index contributed by atoms with van der Waals surface area (Å²) in [5, 5.41) is 2.89. The van der Waals surface area contributed by atoms with Crippen molar-refractivity contribution in [3.8, 4) is 0 Å². The molecule has 2 atom stereocenters. The molecule has 1 aromatic rings. The number of likely N-dealkylation sites (tertiary alicyclic amines) is 1. The Kier molecular flexibility index (Phi) is 6.60. The van der Waals surface area contributed by atoms with Crippen LogP contribution in [0.4, 0.5) is 0 Å². The number of piperidine rings is 1. The summed E-state index contributed by atoms with van der Waals surface area (Å²) >= 11 is 0. The zero-order valence-electron chi connectivity index (χ0n) is 14.7. The highest BCUT2D eigenvalue weighted by Gasteiger charge is 2.22. The minimum atomic E-state index is -0.509. The first-order valence-electron chi connectivity index (χ1n) is 8.84. The van der Waals surface area contributed by atoms with Crippen LogP contribution in [0.2, 0.25) is 0 Å². The molecule has 1 amide bonds. The summed E-state index contributed by atoms with van der Waals surface area (Å²) in [6.45, 7) is 9.35. The molecule has 1 heterocycles. The Morgan fingerprint density at radius 2 is 1.74 bits per heavy atom. The Labute approximate surface area is 140 Å². The van der Waals surface area contributed by atoms with E-state index >= 15 is 0 Å². The van der Waals surface area contributed by atoms with Crippen LogP contribution in [0.5, 0.6) is 0 Å². The van der Waals surface area contributed by atoms with Crippen LogP contribution in [-0.4, -0.2) is 36.0 Å². The van der Waals surface area contributed by atoms with Gasteiger partial charge in [0.25, 0.3) is 0 Å². The molecule has 0 radical (unpaired) electrons. The Balaban J connectivity index is 1.93. The summed E-state index contributed by atoms with van der Waals surface area (Å²) in [5.41, 5.74) is 8.57. The first-order valence-corrected chi connectivity index (χ1v) is 8.84. The highest BCUT2D eigenvalue weighted by atomic mass is 16.2. The molecule has 0 spiro atoms. The quantitative estimate of drug-likeness (QED) is 0.848. The summed E-state index contributed by atoms with van der Waals surface area (Å²) in [7, 11) is 0. The molecule has 0 bridgehead atoms. The van der Waals surface area contributed by atoms with E-state index in [1.807, 2.05) is 20.8 Å². The van der Waals surface area contributed by atoms with Crippen LogP contribution in [0.15, 0.2) is 24.3 Å². The van der Waals surface area contributed by atoms with Crippen molar-refractivity contribution in [3.63, 3.8) is 0 Å². The van der Waals surface area contributed by atoms with Crippen molar-refractivity contribution in [2.45, 2.75) is 64.6 Å². The van der Waals surface area contributed by atoms with E-state index in [1.165, 1.54) is 37.9 Å². The number of amides is 1. The highest BCUT2D eigenvalue weighted by molar-refractivity contribution is 5.82. The molecular formula is C19H31N3O. The zero-order valence-corrected chi connectivity index (χ0v) is 14.7. The van der Waals surface area contributed by atoms with Gasteiger partial charge in [-0.25, -0.2) is 0 Å². The van der Waals surface area contributed by atoms with E-state index < -0.39 is 6.04 Å². The number of carbonyl (C=O) groups is 1. The van der Waals surface area contributed by atoms with Gasteiger partial charge in [-0.2, -0.15) is 0 Å². The fourth-order valence-corrected chi connectivity index (χ4v) is 3.12. The van der Waals surface area contributed by atoms with Crippen LogP contribution in [0, 0.1) is 0 Å². The van der Waals surface area contributed by atoms with E-state index in [9.17, 15) is 4.79 Å². The summed E-state index contributed by atoms with van der Waals surface area (Å²) in [5.74, 6) is -0.0670. The van der Waals surface area contributed by atoms with E-state index in [2.05, 4.69) is 34.5 Å². The van der Waals surface area contributed by atoms with Crippen molar-refractivity contribution in [3.05, 3.63) is 35.4 Å². The van der Waals surface area contributed by atoms with Crippen LogP contribution < -0.4 is 11.1 Å². The monoisotopic (exact) mass is 317 g/mol. The van der Waals surface area contributed by atoms with Crippen molar-refractivity contribution in [1.29, 1.82) is 0 Å². The number of hydrogen-bond donors (Lipinski definition) is 2. The predicted octanol–water partition coefficient (Wildman–Crippen LogP) is 2.63. The van der Waals surface area contributed by atoms with Gasteiger partial charge >= 0.3 is 0 Å². The number of benzene rings is 1. The standard InChI is InChI=1S/C19H31N3O/c1-14(2)21-19(23)18(20)15(3)17-9-7-16(8-10-17)13-22-11-5-4-6-12-22/h7-10,14-15,18H,4-6,11-13,20H2,1-3H3,(H,21,23). The SMILES string of the molecule is CC(C)NC(=O)C(N)C(C)c1ccc(CN2CCCCC2)cc1. The Bertz CT molecular complexity index is 492. The normalized spacial score (nSPS) is 18.7. The minimum Gasteiger partial charge on any atom is -0.353 e. The molecule has 128 valence electrons. The van der Waals surface area contributed by atoms with Gasteiger partial charge in [0.05, 0.1) is 6.04 Å². The van der Waals surface area contributed by atoms with E-state index in [1.54, 1.807) is 0 Å². The molecular weight excluding hydrogens is 286 g/mol. The predicted molar refractivity (Wildman–Crippen MR) is 95.2 cm³/mol. The van der Waals surface area contributed by atoms with Crippen molar-refractivity contribution < 1.29 is 4.79 Å². The fourth-order valence-electron chi connectivity index (χ4n) is 3.12. The van der Waals surface area contributed by atoms with E-state index in [0.717, 1.165) is 12.1 Å². The average Bonchev–Trinajstić information content (AvgIpc) is 2.54. The van der Waals surface area contributed by atoms with Gasteiger partial charge in [-0.3, -0.25) is 9.69 Å². The largest absolute Gasteiger partial charge is 0.353 e. The van der Waals surface area contributed by atoms with Crippen LogP contribution >= 0.6 is 0 Å². The van der Waals surface area contributed by atoms with Crippen molar-refractivity contribution in [1.82, 2.24) is 10.2 Å². The smallest absolute Gasteiger partial charge is 0.237 e. The molecule has 2 unspecified atom stereocenters. The van der Waals surface area contributed by atoms with Gasteiger partial charge in [0.2, 0.25) is 5.91 Å². The molecule has 3 N–H and O–H groups in total. The lowest BCUT2D eigenvalue weighted by Crippen LogP contribution is -2.46. The number of rotatable bonds is 6. The number of nitrogens with zero attached hydrogens (tertiary/aromatic N) is 1. The second-order valence-electron chi connectivity index (χ2n) is 7.06. The Hall–Kier alpha value is -1.39. The van der Waals surface area contributed by atoms with E-state index in [-0.39, 0.29) is 17.9 Å². The molecule has 1 aliphatic heterocycles. The fraction of sp³-hybridized carbons (Fsp3) is 0.632.